The molecule has 23 heavy (non-hydrogen) atoms. The van der Waals surface area contributed by atoms with Gasteiger partial charge in [-0.1, -0.05) is 19.1 Å². The van der Waals surface area contributed by atoms with Gasteiger partial charge in [-0.05, 0) is 38.3 Å². The average Bonchev–Trinajstić information content (AvgIpc) is 3.40. The zero-order valence-electron chi connectivity index (χ0n) is 14.0. The van der Waals surface area contributed by atoms with Gasteiger partial charge in [0.05, 0.1) is 16.9 Å². The third kappa shape index (κ3) is 2.87. The second kappa shape index (κ2) is 6.14. The Balaban J connectivity index is 2.04. The highest BCUT2D eigenvalue weighted by molar-refractivity contribution is 5.81. The number of rotatable bonds is 5. The predicted octanol–water partition coefficient (Wildman–Crippen LogP) is 2.64. The summed E-state index contributed by atoms with van der Waals surface area (Å²) in [5.74, 6) is 1.01. The van der Waals surface area contributed by atoms with Crippen LogP contribution in [0.15, 0.2) is 29.1 Å². The lowest BCUT2D eigenvalue weighted by Crippen LogP contribution is -2.38. The molecule has 1 aromatic heterocycles. The van der Waals surface area contributed by atoms with Gasteiger partial charge < -0.3 is 4.90 Å². The zero-order chi connectivity index (χ0) is 16.6. The molecule has 1 atom stereocenters. The molecule has 2 aromatic rings. The van der Waals surface area contributed by atoms with E-state index < -0.39 is 0 Å². The number of para-hydroxylation sites is 1. The van der Waals surface area contributed by atoms with Crippen LogP contribution in [0.1, 0.15) is 45.0 Å². The Bertz CT molecular complexity index is 792. The molecule has 1 amide bonds. The van der Waals surface area contributed by atoms with E-state index in [1.807, 2.05) is 30.0 Å². The third-order valence-corrected chi connectivity index (χ3v) is 4.53. The molecular formula is C18H23N3O2. The van der Waals surface area contributed by atoms with Crippen molar-refractivity contribution in [3.63, 3.8) is 0 Å². The molecule has 5 heteroatoms. The zero-order valence-corrected chi connectivity index (χ0v) is 14.0. The summed E-state index contributed by atoms with van der Waals surface area (Å²) in [5.41, 5.74) is 0.625. The van der Waals surface area contributed by atoms with Crippen molar-refractivity contribution in [1.29, 1.82) is 0 Å². The Kier molecular flexibility index (Phi) is 4.20. The second-order valence-electron chi connectivity index (χ2n) is 6.33. The number of aromatic nitrogens is 2. The van der Waals surface area contributed by atoms with Crippen molar-refractivity contribution in [2.75, 3.05) is 6.54 Å². The highest BCUT2D eigenvalue weighted by Gasteiger charge is 2.36. The SMILES string of the molecule is CCCN(C(=O)C1CC1)C(C)c1nc2ccccc2c(=O)n1C. The summed E-state index contributed by atoms with van der Waals surface area (Å²) in [5, 5.41) is 0.613. The van der Waals surface area contributed by atoms with Gasteiger partial charge >= 0.3 is 0 Å². The van der Waals surface area contributed by atoms with Crippen LogP contribution < -0.4 is 5.56 Å². The number of carbonyl (C=O) groups excluding carboxylic acids is 1. The topological polar surface area (TPSA) is 55.2 Å². The molecule has 0 spiro atoms. The summed E-state index contributed by atoms with van der Waals surface area (Å²) in [6, 6.07) is 7.15. The van der Waals surface area contributed by atoms with Gasteiger partial charge in [0.2, 0.25) is 5.91 Å². The van der Waals surface area contributed by atoms with Crippen molar-refractivity contribution in [2.24, 2.45) is 13.0 Å². The van der Waals surface area contributed by atoms with Crippen LogP contribution in [0, 0.1) is 5.92 Å². The van der Waals surface area contributed by atoms with Gasteiger partial charge in [-0.25, -0.2) is 4.98 Å². The molecule has 1 unspecified atom stereocenters. The fourth-order valence-corrected chi connectivity index (χ4v) is 3.05. The van der Waals surface area contributed by atoms with Crippen LogP contribution in [-0.2, 0) is 11.8 Å². The van der Waals surface area contributed by atoms with E-state index in [0.717, 1.165) is 19.3 Å². The van der Waals surface area contributed by atoms with Gasteiger partial charge in [-0.15, -0.1) is 0 Å². The smallest absolute Gasteiger partial charge is 0.261 e. The lowest BCUT2D eigenvalue weighted by atomic mass is 10.2. The largest absolute Gasteiger partial charge is 0.333 e. The molecule has 1 aliphatic rings. The molecule has 0 bridgehead atoms. The molecule has 3 rings (SSSR count). The van der Waals surface area contributed by atoms with Gasteiger partial charge in [0, 0.05) is 19.5 Å². The van der Waals surface area contributed by atoms with Crippen LogP contribution in [0.5, 0.6) is 0 Å². The Morgan fingerprint density at radius 3 is 2.74 bits per heavy atom. The maximum Gasteiger partial charge on any atom is 0.261 e. The minimum absolute atomic E-state index is 0.0623. The molecule has 1 fully saturated rings. The average molecular weight is 313 g/mol. The first-order valence-corrected chi connectivity index (χ1v) is 8.30. The predicted molar refractivity (Wildman–Crippen MR) is 90.1 cm³/mol. The summed E-state index contributed by atoms with van der Waals surface area (Å²) >= 11 is 0. The molecule has 5 nitrogen and oxygen atoms in total. The van der Waals surface area contributed by atoms with Gasteiger partial charge in [0.15, 0.2) is 0 Å². The fraction of sp³-hybridized carbons (Fsp3) is 0.500. The first-order valence-electron chi connectivity index (χ1n) is 8.30. The van der Waals surface area contributed by atoms with Crippen molar-refractivity contribution < 1.29 is 4.79 Å². The lowest BCUT2D eigenvalue weighted by Gasteiger charge is -2.29. The summed E-state index contributed by atoms with van der Waals surface area (Å²) < 4.78 is 1.58. The first kappa shape index (κ1) is 15.7. The Hall–Kier alpha value is -2.17. The van der Waals surface area contributed by atoms with E-state index in [1.54, 1.807) is 17.7 Å². The molecule has 1 aromatic carbocycles. The Morgan fingerprint density at radius 2 is 2.09 bits per heavy atom. The Morgan fingerprint density at radius 1 is 1.39 bits per heavy atom. The van der Waals surface area contributed by atoms with Crippen LogP contribution in [0.3, 0.4) is 0 Å². The van der Waals surface area contributed by atoms with Crippen LogP contribution >= 0.6 is 0 Å². The highest BCUT2D eigenvalue weighted by atomic mass is 16.2. The van der Waals surface area contributed by atoms with E-state index in [2.05, 4.69) is 11.9 Å². The number of carbonyl (C=O) groups is 1. The van der Waals surface area contributed by atoms with E-state index in [4.69, 9.17) is 0 Å². The highest BCUT2D eigenvalue weighted by Crippen LogP contribution is 2.33. The summed E-state index contributed by atoms with van der Waals surface area (Å²) in [7, 11) is 1.74. The number of hydrogen-bond donors (Lipinski definition) is 0. The van der Waals surface area contributed by atoms with Crippen molar-refractivity contribution in [2.45, 2.75) is 39.2 Å². The van der Waals surface area contributed by atoms with Gasteiger partial charge in [0.25, 0.3) is 5.56 Å². The number of amides is 1. The van der Waals surface area contributed by atoms with Crippen molar-refractivity contribution in [1.82, 2.24) is 14.5 Å². The lowest BCUT2D eigenvalue weighted by molar-refractivity contribution is -0.135. The minimum Gasteiger partial charge on any atom is -0.333 e. The minimum atomic E-state index is -0.203. The van der Waals surface area contributed by atoms with Crippen LogP contribution in [0.4, 0.5) is 0 Å². The molecular weight excluding hydrogens is 290 g/mol. The molecule has 0 N–H and O–H groups in total. The Labute approximate surface area is 135 Å². The summed E-state index contributed by atoms with van der Waals surface area (Å²) in [6.45, 7) is 4.72. The van der Waals surface area contributed by atoms with E-state index >= 15 is 0 Å². The van der Waals surface area contributed by atoms with Crippen molar-refractivity contribution in [3.05, 3.63) is 40.4 Å². The van der Waals surface area contributed by atoms with E-state index in [1.165, 1.54) is 0 Å². The quantitative estimate of drug-likeness (QED) is 0.852. The van der Waals surface area contributed by atoms with Crippen molar-refractivity contribution >= 4 is 16.8 Å². The van der Waals surface area contributed by atoms with E-state index in [0.29, 0.717) is 23.3 Å². The number of fused-ring (bicyclic) bond motifs is 1. The van der Waals surface area contributed by atoms with Gasteiger partial charge in [-0.2, -0.15) is 0 Å². The summed E-state index contributed by atoms with van der Waals surface area (Å²) in [6.07, 6.45) is 2.86. The van der Waals surface area contributed by atoms with Gasteiger partial charge in [0.1, 0.15) is 5.82 Å². The third-order valence-electron chi connectivity index (χ3n) is 4.53. The summed E-state index contributed by atoms with van der Waals surface area (Å²) in [4.78, 5) is 31.7. The fourth-order valence-electron chi connectivity index (χ4n) is 3.05. The van der Waals surface area contributed by atoms with Crippen LogP contribution in [0.25, 0.3) is 10.9 Å². The standard InChI is InChI=1S/C18H23N3O2/c1-4-11-21(17(22)13-9-10-13)12(2)16-19-15-8-6-5-7-14(15)18(23)20(16)3/h5-8,12-13H,4,9-11H2,1-3H3. The molecule has 0 radical (unpaired) electrons. The molecule has 0 aliphatic heterocycles. The van der Waals surface area contributed by atoms with Gasteiger partial charge in [-0.3, -0.25) is 14.2 Å². The van der Waals surface area contributed by atoms with Crippen molar-refractivity contribution in [3.8, 4) is 0 Å². The first-order chi connectivity index (χ1) is 11.0. The van der Waals surface area contributed by atoms with E-state index in [9.17, 15) is 9.59 Å². The van der Waals surface area contributed by atoms with E-state index in [-0.39, 0.29) is 23.4 Å². The number of benzene rings is 1. The number of nitrogens with zero attached hydrogens (tertiary/aromatic N) is 3. The van der Waals surface area contributed by atoms with Crippen LogP contribution in [-0.4, -0.2) is 26.9 Å². The van der Waals surface area contributed by atoms with Crippen LogP contribution in [0.2, 0.25) is 0 Å². The monoisotopic (exact) mass is 313 g/mol. The molecule has 122 valence electrons. The normalized spacial score (nSPS) is 15.6. The molecule has 1 aliphatic carbocycles. The molecule has 1 saturated carbocycles. The molecule has 0 saturated heterocycles. The maximum absolute atomic E-state index is 12.6. The number of hydrogen-bond acceptors (Lipinski definition) is 3. The second-order valence-corrected chi connectivity index (χ2v) is 6.33. The maximum atomic E-state index is 12.6. The molecule has 1 heterocycles.